The summed E-state index contributed by atoms with van der Waals surface area (Å²) >= 11 is 1.76. The van der Waals surface area contributed by atoms with Gasteiger partial charge in [-0.15, -0.1) is 11.3 Å². The van der Waals surface area contributed by atoms with Gasteiger partial charge in [0, 0.05) is 22.7 Å². The van der Waals surface area contributed by atoms with Gasteiger partial charge in [-0.05, 0) is 37.3 Å². The molecule has 0 amide bonds. The largest absolute Gasteiger partial charge is 0.387 e. The summed E-state index contributed by atoms with van der Waals surface area (Å²) < 4.78 is 1.89. The maximum atomic E-state index is 10.4. The Morgan fingerprint density at radius 2 is 2.37 bits per heavy atom. The van der Waals surface area contributed by atoms with E-state index < -0.39 is 6.10 Å². The van der Waals surface area contributed by atoms with Crippen molar-refractivity contribution >= 4 is 11.3 Å². The van der Waals surface area contributed by atoms with Crippen LogP contribution in [0.3, 0.4) is 0 Å². The molecule has 0 spiro atoms. The minimum absolute atomic E-state index is 0.449. The second-order valence-corrected chi connectivity index (χ2v) is 6.24. The molecular weight excluding hydrogens is 258 g/mol. The Morgan fingerprint density at radius 3 is 3.16 bits per heavy atom. The average molecular weight is 277 g/mol. The minimum atomic E-state index is -0.449. The summed E-state index contributed by atoms with van der Waals surface area (Å²) in [6, 6.07) is 2.18. The highest BCUT2D eigenvalue weighted by atomic mass is 32.1. The first-order valence-electron chi connectivity index (χ1n) is 6.94. The van der Waals surface area contributed by atoms with Gasteiger partial charge in [0.15, 0.2) is 0 Å². The van der Waals surface area contributed by atoms with Gasteiger partial charge in [0.1, 0.15) is 12.2 Å². The van der Waals surface area contributed by atoms with E-state index in [0.717, 1.165) is 23.7 Å². The molecule has 102 valence electrons. The van der Waals surface area contributed by atoms with Crippen LogP contribution in [0.2, 0.25) is 0 Å². The number of nitrogens with zero attached hydrogens (tertiary/aromatic N) is 3. The molecule has 2 heterocycles. The lowest BCUT2D eigenvalue weighted by Crippen LogP contribution is -2.09. The normalized spacial score (nSPS) is 15.7. The van der Waals surface area contributed by atoms with Crippen molar-refractivity contribution in [2.75, 3.05) is 0 Å². The van der Waals surface area contributed by atoms with E-state index in [1.54, 1.807) is 17.7 Å². The molecule has 3 rings (SSSR count). The first-order valence-corrected chi connectivity index (χ1v) is 7.75. The average Bonchev–Trinajstić information content (AvgIpc) is 3.04. The standard InChI is InChI=1S/C14H19N3OS/c1-2-6-17-14(15-9-16-17)8-11(18)13-7-10-4-3-5-12(10)19-13/h7,9,11,18H,2-6,8H2,1H3. The highest BCUT2D eigenvalue weighted by Gasteiger charge is 2.20. The lowest BCUT2D eigenvalue weighted by molar-refractivity contribution is 0.177. The van der Waals surface area contributed by atoms with E-state index in [4.69, 9.17) is 0 Å². The SMILES string of the molecule is CCCn1ncnc1CC(O)c1cc2c(s1)CCC2. The van der Waals surface area contributed by atoms with Crippen LogP contribution in [0.15, 0.2) is 12.4 Å². The van der Waals surface area contributed by atoms with E-state index in [1.165, 1.54) is 29.7 Å². The molecule has 5 heteroatoms. The Kier molecular flexibility index (Phi) is 3.66. The van der Waals surface area contributed by atoms with E-state index in [2.05, 4.69) is 23.1 Å². The molecule has 2 aromatic rings. The van der Waals surface area contributed by atoms with Crippen LogP contribution in [0.5, 0.6) is 0 Å². The number of aliphatic hydroxyl groups excluding tert-OH is 1. The fourth-order valence-electron chi connectivity index (χ4n) is 2.63. The van der Waals surface area contributed by atoms with Crippen molar-refractivity contribution in [2.24, 2.45) is 0 Å². The topological polar surface area (TPSA) is 50.9 Å². The molecule has 1 unspecified atom stereocenters. The summed E-state index contributed by atoms with van der Waals surface area (Å²) in [5.41, 5.74) is 1.44. The molecule has 4 nitrogen and oxygen atoms in total. The molecule has 0 saturated heterocycles. The zero-order valence-electron chi connectivity index (χ0n) is 11.2. The zero-order chi connectivity index (χ0) is 13.2. The minimum Gasteiger partial charge on any atom is -0.387 e. The van der Waals surface area contributed by atoms with Gasteiger partial charge in [-0.3, -0.25) is 4.68 Å². The first-order chi connectivity index (χ1) is 9.28. The second-order valence-electron chi connectivity index (χ2n) is 5.07. The predicted molar refractivity (Wildman–Crippen MR) is 75.3 cm³/mol. The Labute approximate surface area is 117 Å². The van der Waals surface area contributed by atoms with E-state index in [-0.39, 0.29) is 0 Å². The van der Waals surface area contributed by atoms with Crippen molar-refractivity contribution < 1.29 is 5.11 Å². The van der Waals surface area contributed by atoms with Gasteiger partial charge in [0.25, 0.3) is 0 Å². The smallest absolute Gasteiger partial charge is 0.138 e. The second kappa shape index (κ2) is 5.43. The number of rotatable bonds is 5. The molecular formula is C14H19N3OS. The number of thiophene rings is 1. The fourth-order valence-corrected chi connectivity index (χ4v) is 3.88. The summed E-state index contributed by atoms with van der Waals surface area (Å²) in [5, 5.41) is 14.6. The summed E-state index contributed by atoms with van der Waals surface area (Å²) in [4.78, 5) is 6.80. The van der Waals surface area contributed by atoms with Gasteiger partial charge in [-0.1, -0.05) is 6.92 Å². The van der Waals surface area contributed by atoms with Crippen LogP contribution >= 0.6 is 11.3 Å². The van der Waals surface area contributed by atoms with Crippen LogP contribution in [0.4, 0.5) is 0 Å². The van der Waals surface area contributed by atoms with Crippen molar-refractivity contribution in [3.05, 3.63) is 33.5 Å². The van der Waals surface area contributed by atoms with Crippen LogP contribution in [-0.4, -0.2) is 19.9 Å². The molecule has 0 bridgehead atoms. The number of hydrogen-bond acceptors (Lipinski definition) is 4. The molecule has 0 aliphatic heterocycles. The molecule has 2 aromatic heterocycles. The molecule has 1 aliphatic rings. The van der Waals surface area contributed by atoms with Gasteiger partial charge in [0.2, 0.25) is 0 Å². The lowest BCUT2D eigenvalue weighted by Gasteiger charge is -2.09. The number of hydrogen-bond donors (Lipinski definition) is 1. The molecule has 0 aromatic carbocycles. The molecule has 1 atom stereocenters. The fraction of sp³-hybridized carbons (Fsp3) is 0.571. The van der Waals surface area contributed by atoms with Gasteiger partial charge in [-0.25, -0.2) is 4.98 Å². The summed E-state index contributed by atoms with van der Waals surface area (Å²) in [7, 11) is 0. The van der Waals surface area contributed by atoms with Crippen molar-refractivity contribution in [3.63, 3.8) is 0 Å². The number of aromatic nitrogens is 3. The molecule has 19 heavy (non-hydrogen) atoms. The van der Waals surface area contributed by atoms with E-state index in [1.807, 2.05) is 4.68 Å². The molecule has 0 saturated carbocycles. The Bertz CT molecular complexity index is 539. The van der Waals surface area contributed by atoms with Crippen molar-refractivity contribution in [2.45, 2.75) is 51.7 Å². The first kappa shape index (κ1) is 12.8. The number of aliphatic hydroxyl groups is 1. The third-order valence-electron chi connectivity index (χ3n) is 3.60. The van der Waals surface area contributed by atoms with Gasteiger partial charge in [0.05, 0.1) is 6.10 Å². The summed E-state index contributed by atoms with van der Waals surface area (Å²) in [6.45, 7) is 2.98. The Hall–Kier alpha value is -1.20. The number of fused-ring (bicyclic) bond motifs is 1. The molecule has 1 N–H and O–H groups in total. The van der Waals surface area contributed by atoms with Gasteiger partial charge < -0.3 is 5.11 Å². The highest BCUT2D eigenvalue weighted by molar-refractivity contribution is 7.12. The van der Waals surface area contributed by atoms with Crippen LogP contribution < -0.4 is 0 Å². The third-order valence-corrected chi connectivity index (χ3v) is 4.94. The molecule has 0 fully saturated rings. The van der Waals surface area contributed by atoms with Crippen LogP contribution in [0.1, 0.15) is 47.0 Å². The van der Waals surface area contributed by atoms with Gasteiger partial charge >= 0.3 is 0 Å². The molecule has 1 aliphatic carbocycles. The van der Waals surface area contributed by atoms with Crippen LogP contribution in [0.25, 0.3) is 0 Å². The highest BCUT2D eigenvalue weighted by Crippen LogP contribution is 2.34. The maximum absolute atomic E-state index is 10.4. The van der Waals surface area contributed by atoms with Crippen molar-refractivity contribution in [1.29, 1.82) is 0 Å². The van der Waals surface area contributed by atoms with Crippen LogP contribution in [-0.2, 0) is 25.8 Å². The van der Waals surface area contributed by atoms with Crippen LogP contribution in [0, 0.1) is 0 Å². The van der Waals surface area contributed by atoms with E-state index in [0.29, 0.717) is 6.42 Å². The maximum Gasteiger partial charge on any atom is 0.138 e. The Morgan fingerprint density at radius 1 is 1.47 bits per heavy atom. The number of aryl methyl sites for hydroxylation is 3. The van der Waals surface area contributed by atoms with Crippen molar-refractivity contribution in [3.8, 4) is 0 Å². The summed E-state index contributed by atoms with van der Waals surface area (Å²) in [5.74, 6) is 0.878. The molecule has 0 radical (unpaired) electrons. The lowest BCUT2D eigenvalue weighted by atomic mass is 10.1. The zero-order valence-corrected chi connectivity index (χ0v) is 12.0. The quantitative estimate of drug-likeness (QED) is 0.913. The van der Waals surface area contributed by atoms with Gasteiger partial charge in [-0.2, -0.15) is 5.10 Å². The van der Waals surface area contributed by atoms with E-state index in [9.17, 15) is 5.11 Å². The van der Waals surface area contributed by atoms with E-state index >= 15 is 0 Å². The third kappa shape index (κ3) is 2.58. The monoisotopic (exact) mass is 277 g/mol. The summed E-state index contributed by atoms with van der Waals surface area (Å²) in [6.07, 6.45) is 6.33. The van der Waals surface area contributed by atoms with Crippen molar-refractivity contribution in [1.82, 2.24) is 14.8 Å². The predicted octanol–water partition coefficient (Wildman–Crippen LogP) is 2.51. The Balaban J connectivity index is 1.73.